The number of phenolic OH excluding ortho intramolecular Hbond substituents is 1. The van der Waals surface area contributed by atoms with Gasteiger partial charge in [-0.1, -0.05) is 69.7 Å². The van der Waals surface area contributed by atoms with E-state index in [2.05, 4.69) is 19.1 Å². The van der Waals surface area contributed by atoms with Crippen LogP contribution in [-0.2, 0) is 6.42 Å². The van der Waals surface area contributed by atoms with Crippen LogP contribution in [0.1, 0.15) is 69.9 Å². The van der Waals surface area contributed by atoms with E-state index in [1.54, 1.807) is 6.07 Å². The molecule has 1 aromatic carbocycles. The van der Waals surface area contributed by atoms with Gasteiger partial charge in [-0.25, -0.2) is 0 Å². The topological polar surface area (TPSA) is 20.2 Å². The van der Waals surface area contributed by atoms with Gasteiger partial charge in [-0.2, -0.15) is 0 Å². The molecule has 0 aliphatic heterocycles. The first kappa shape index (κ1) is 15.8. The highest BCUT2D eigenvalue weighted by molar-refractivity contribution is 5.57. The second-order valence-corrected chi connectivity index (χ2v) is 5.22. The van der Waals surface area contributed by atoms with E-state index in [9.17, 15) is 5.11 Å². The molecule has 19 heavy (non-hydrogen) atoms. The molecule has 1 N–H and O–H groups in total. The van der Waals surface area contributed by atoms with Gasteiger partial charge in [0.15, 0.2) is 0 Å². The van der Waals surface area contributed by atoms with Crippen LogP contribution in [0.2, 0.25) is 0 Å². The van der Waals surface area contributed by atoms with Crippen LogP contribution < -0.4 is 0 Å². The SMILES string of the molecule is CC=Cc1cccc(O)c1CCCCCCCCC. The lowest BCUT2D eigenvalue weighted by Crippen LogP contribution is -1.91. The van der Waals surface area contributed by atoms with E-state index in [0.717, 1.165) is 17.5 Å². The summed E-state index contributed by atoms with van der Waals surface area (Å²) in [5.41, 5.74) is 2.27. The molecule has 0 heterocycles. The van der Waals surface area contributed by atoms with Crippen molar-refractivity contribution in [1.29, 1.82) is 0 Å². The second kappa shape index (κ2) is 9.66. The van der Waals surface area contributed by atoms with Gasteiger partial charge >= 0.3 is 0 Å². The molecule has 1 aromatic rings. The smallest absolute Gasteiger partial charge is 0.119 e. The number of phenols is 1. The van der Waals surface area contributed by atoms with E-state index in [4.69, 9.17) is 0 Å². The van der Waals surface area contributed by atoms with Crippen molar-refractivity contribution < 1.29 is 5.11 Å². The standard InChI is InChI=1S/C18H28O/c1-3-5-6-7-8-9-10-14-17-16(12-4-2)13-11-15-18(17)19/h4,11-13,15,19H,3,5-10,14H2,1-2H3. The van der Waals surface area contributed by atoms with Crippen LogP contribution in [0.15, 0.2) is 24.3 Å². The Morgan fingerprint density at radius 3 is 2.37 bits per heavy atom. The lowest BCUT2D eigenvalue weighted by molar-refractivity contribution is 0.465. The maximum Gasteiger partial charge on any atom is 0.119 e. The Morgan fingerprint density at radius 1 is 1.00 bits per heavy atom. The predicted octanol–water partition coefficient (Wildman–Crippen LogP) is 5.72. The van der Waals surface area contributed by atoms with Crippen LogP contribution in [0.5, 0.6) is 5.75 Å². The van der Waals surface area contributed by atoms with Gasteiger partial charge in [-0.05, 0) is 31.4 Å². The van der Waals surface area contributed by atoms with Crippen LogP contribution >= 0.6 is 0 Å². The summed E-state index contributed by atoms with van der Waals surface area (Å²) in [6, 6.07) is 5.79. The van der Waals surface area contributed by atoms with Crippen LogP contribution in [0.3, 0.4) is 0 Å². The third-order valence-corrected chi connectivity index (χ3v) is 3.56. The second-order valence-electron chi connectivity index (χ2n) is 5.22. The number of rotatable bonds is 9. The Kier molecular flexibility index (Phi) is 8.04. The van der Waals surface area contributed by atoms with E-state index in [1.165, 1.54) is 44.9 Å². The lowest BCUT2D eigenvalue weighted by atomic mass is 9.99. The summed E-state index contributed by atoms with van der Waals surface area (Å²) in [4.78, 5) is 0. The fraction of sp³-hybridized carbons (Fsp3) is 0.556. The molecule has 0 fully saturated rings. The van der Waals surface area contributed by atoms with Crippen molar-refractivity contribution >= 4 is 6.08 Å². The minimum absolute atomic E-state index is 0.446. The molecule has 0 bridgehead atoms. The summed E-state index contributed by atoms with van der Waals surface area (Å²) in [6.07, 6.45) is 14.3. The molecule has 106 valence electrons. The van der Waals surface area contributed by atoms with Crippen LogP contribution in [0, 0.1) is 0 Å². The van der Waals surface area contributed by atoms with Crippen molar-refractivity contribution in [3.05, 3.63) is 35.4 Å². The number of hydrogen-bond acceptors (Lipinski definition) is 1. The van der Waals surface area contributed by atoms with Gasteiger partial charge in [-0.3, -0.25) is 0 Å². The van der Waals surface area contributed by atoms with Crippen molar-refractivity contribution in [1.82, 2.24) is 0 Å². The van der Waals surface area contributed by atoms with Crippen molar-refractivity contribution in [3.63, 3.8) is 0 Å². The molecular weight excluding hydrogens is 232 g/mol. The average Bonchev–Trinajstić information content (AvgIpc) is 2.41. The summed E-state index contributed by atoms with van der Waals surface area (Å²) in [7, 11) is 0. The first-order valence-electron chi connectivity index (χ1n) is 7.73. The number of aromatic hydroxyl groups is 1. The van der Waals surface area contributed by atoms with Crippen LogP contribution in [-0.4, -0.2) is 5.11 Å². The first-order chi connectivity index (χ1) is 9.29. The number of unbranched alkanes of at least 4 members (excludes halogenated alkanes) is 6. The third-order valence-electron chi connectivity index (χ3n) is 3.56. The lowest BCUT2D eigenvalue weighted by Gasteiger charge is -2.08. The van der Waals surface area contributed by atoms with E-state index < -0.39 is 0 Å². The van der Waals surface area contributed by atoms with Gasteiger partial charge in [0.25, 0.3) is 0 Å². The van der Waals surface area contributed by atoms with Gasteiger partial charge in [0.1, 0.15) is 5.75 Å². The Labute approximate surface area is 118 Å². The highest BCUT2D eigenvalue weighted by Gasteiger charge is 2.05. The van der Waals surface area contributed by atoms with Crippen LogP contribution in [0.25, 0.3) is 6.08 Å². The molecule has 1 rings (SSSR count). The highest BCUT2D eigenvalue weighted by atomic mass is 16.3. The predicted molar refractivity (Wildman–Crippen MR) is 84.5 cm³/mol. The Hall–Kier alpha value is -1.24. The summed E-state index contributed by atoms with van der Waals surface area (Å²) in [5, 5.41) is 9.96. The molecular formula is C18H28O. The van der Waals surface area contributed by atoms with Gasteiger partial charge in [0.05, 0.1) is 0 Å². The zero-order valence-corrected chi connectivity index (χ0v) is 12.5. The van der Waals surface area contributed by atoms with E-state index in [1.807, 2.05) is 19.1 Å². The molecule has 0 spiro atoms. The number of allylic oxidation sites excluding steroid dienone is 1. The normalized spacial score (nSPS) is 11.3. The molecule has 0 aromatic heterocycles. The number of hydrogen-bond donors (Lipinski definition) is 1. The highest BCUT2D eigenvalue weighted by Crippen LogP contribution is 2.24. The van der Waals surface area contributed by atoms with Crippen LogP contribution in [0.4, 0.5) is 0 Å². The summed E-state index contributed by atoms with van der Waals surface area (Å²) in [6.45, 7) is 4.27. The van der Waals surface area contributed by atoms with Gasteiger partial charge in [0, 0.05) is 5.56 Å². The van der Waals surface area contributed by atoms with Gasteiger partial charge in [-0.15, -0.1) is 0 Å². The van der Waals surface area contributed by atoms with Crippen molar-refractivity contribution in [2.75, 3.05) is 0 Å². The van der Waals surface area contributed by atoms with E-state index in [-0.39, 0.29) is 0 Å². The zero-order chi connectivity index (χ0) is 13.9. The molecule has 0 radical (unpaired) electrons. The molecule has 0 saturated carbocycles. The Balaban J connectivity index is 2.36. The van der Waals surface area contributed by atoms with Gasteiger partial charge in [0.2, 0.25) is 0 Å². The molecule has 0 amide bonds. The molecule has 0 saturated heterocycles. The minimum atomic E-state index is 0.446. The average molecular weight is 260 g/mol. The summed E-state index contributed by atoms with van der Waals surface area (Å²) < 4.78 is 0. The summed E-state index contributed by atoms with van der Waals surface area (Å²) >= 11 is 0. The molecule has 1 heteroatoms. The maximum atomic E-state index is 9.96. The third kappa shape index (κ3) is 5.96. The molecule has 1 nitrogen and oxygen atoms in total. The van der Waals surface area contributed by atoms with Crippen molar-refractivity contribution in [3.8, 4) is 5.75 Å². The Morgan fingerprint density at radius 2 is 1.68 bits per heavy atom. The van der Waals surface area contributed by atoms with E-state index in [0.29, 0.717) is 5.75 Å². The van der Waals surface area contributed by atoms with Gasteiger partial charge < -0.3 is 5.11 Å². The number of benzene rings is 1. The molecule has 0 unspecified atom stereocenters. The largest absolute Gasteiger partial charge is 0.508 e. The quantitative estimate of drug-likeness (QED) is 0.563. The van der Waals surface area contributed by atoms with Crippen molar-refractivity contribution in [2.24, 2.45) is 0 Å². The van der Waals surface area contributed by atoms with Crippen molar-refractivity contribution in [2.45, 2.75) is 65.2 Å². The summed E-state index contributed by atoms with van der Waals surface area (Å²) in [5.74, 6) is 0.446. The van der Waals surface area contributed by atoms with E-state index >= 15 is 0 Å². The fourth-order valence-electron chi connectivity index (χ4n) is 2.46. The molecule has 0 atom stereocenters. The zero-order valence-electron chi connectivity index (χ0n) is 12.5. The Bertz CT molecular complexity index is 379. The first-order valence-corrected chi connectivity index (χ1v) is 7.73. The minimum Gasteiger partial charge on any atom is -0.508 e. The molecule has 0 aliphatic carbocycles. The maximum absolute atomic E-state index is 9.96. The monoisotopic (exact) mass is 260 g/mol. The molecule has 0 aliphatic rings. The fourth-order valence-corrected chi connectivity index (χ4v) is 2.46.